The van der Waals surface area contributed by atoms with Crippen LogP contribution in [0.4, 0.5) is 0 Å². The molecule has 0 fully saturated rings. The number of hydrogen-bond acceptors (Lipinski definition) is 1. The molecule has 92 valence electrons. The van der Waals surface area contributed by atoms with Crippen molar-refractivity contribution in [2.75, 3.05) is 0 Å². The molecule has 1 atom stereocenters. The SMILES string of the molecule is CC[Si](C)(C)[C@H]1CC(=O)c2cc(C)c(C)cc21. The fraction of sp³-hybridized carbons (Fsp3) is 0.533. The molecule has 0 heterocycles. The first-order valence-corrected chi connectivity index (χ1v) is 9.79. The third-order valence-electron chi connectivity index (χ3n) is 4.59. The van der Waals surface area contributed by atoms with Crippen molar-refractivity contribution in [2.45, 2.75) is 51.9 Å². The summed E-state index contributed by atoms with van der Waals surface area (Å²) in [7, 11) is -1.30. The van der Waals surface area contributed by atoms with Gasteiger partial charge in [-0.2, -0.15) is 0 Å². The van der Waals surface area contributed by atoms with Gasteiger partial charge in [0.25, 0.3) is 0 Å². The van der Waals surface area contributed by atoms with Crippen LogP contribution in [0.25, 0.3) is 0 Å². The zero-order chi connectivity index (χ0) is 12.8. The van der Waals surface area contributed by atoms with Crippen molar-refractivity contribution in [3.05, 3.63) is 34.4 Å². The molecular weight excluding hydrogens is 224 g/mol. The fourth-order valence-corrected chi connectivity index (χ4v) is 5.03. The standard InChI is InChI=1S/C15H22OSi/c1-6-17(4,5)15-9-14(16)12-7-10(2)11(3)8-13(12)15/h7-8,15H,6,9H2,1-5H3/t15-/m0/s1. The Kier molecular flexibility index (Phi) is 3.02. The van der Waals surface area contributed by atoms with E-state index in [-0.39, 0.29) is 0 Å². The maximum absolute atomic E-state index is 12.1. The highest BCUT2D eigenvalue weighted by molar-refractivity contribution is 6.79. The van der Waals surface area contributed by atoms with E-state index >= 15 is 0 Å². The lowest BCUT2D eigenvalue weighted by atomic mass is 10.0. The molecule has 1 aromatic rings. The fourth-order valence-electron chi connectivity index (χ4n) is 2.72. The molecule has 2 heteroatoms. The first kappa shape index (κ1) is 12.6. The lowest BCUT2D eigenvalue weighted by Gasteiger charge is -2.28. The number of Topliss-reactive ketones (excluding diaryl/α,β-unsaturated/α-hetero) is 1. The molecule has 0 N–H and O–H groups in total. The molecule has 0 radical (unpaired) electrons. The van der Waals surface area contributed by atoms with E-state index in [0.717, 1.165) is 12.0 Å². The summed E-state index contributed by atoms with van der Waals surface area (Å²) >= 11 is 0. The number of carbonyl (C=O) groups is 1. The number of carbonyl (C=O) groups excluding carboxylic acids is 1. The Morgan fingerprint density at radius 1 is 1.24 bits per heavy atom. The third-order valence-corrected chi connectivity index (χ3v) is 8.81. The minimum Gasteiger partial charge on any atom is -0.294 e. The van der Waals surface area contributed by atoms with Crippen LogP contribution in [0.1, 0.15) is 45.9 Å². The third kappa shape index (κ3) is 1.99. The van der Waals surface area contributed by atoms with Crippen molar-refractivity contribution < 1.29 is 4.79 Å². The molecule has 1 aliphatic carbocycles. The summed E-state index contributed by atoms with van der Waals surface area (Å²) in [6, 6.07) is 5.62. The molecule has 0 aromatic heterocycles. The van der Waals surface area contributed by atoms with Gasteiger partial charge in [0, 0.05) is 12.0 Å². The predicted octanol–water partition coefficient (Wildman–Crippen LogP) is 4.24. The van der Waals surface area contributed by atoms with Crippen molar-refractivity contribution in [1.29, 1.82) is 0 Å². The minimum atomic E-state index is -1.30. The van der Waals surface area contributed by atoms with Crippen LogP contribution < -0.4 is 0 Å². The zero-order valence-corrected chi connectivity index (χ0v) is 12.6. The van der Waals surface area contributed by atoms with Gasteiger partial charge < -0.3 is 0 Å². The summed E-state index contributed by atoms with van der Waals surface area (Å²) in [5.74, 6) is 0.363. The maximum atomic E-state index is 12.1. The van der Waals surface area contributed by atoms with Crippen LogP contribution in [0.15, 0.2) is 12.1 Å². The lowest BCUT2D eigenvalue weighted by molar-refractivity contribution is 0.0993. The molecule has 1 nitrogen and oxygen atoms in total. The van der Waals surface area contributed by atoms with E-state index in [2.05, 4.69) is 46.0 Å². The first-order valence-electron chi connectivity index (χ1n) is 6.51. The number of rotatable bonds is 2. The van der Waals surface area contributed by atoms with Gasteiger partial charge in [-0.05, 0) is 42.1 Å². The predicted molar refractivity (Wildman–Crippen MR) is 75.6 cm³/mol. The second-order valence-corrected chi connectivity index (χ2v) is 11.4. The van der Waals surface area contributed by atoms with Gasteiger partial charge in [0.2, 0.25) is 0 Å². The smallest absolute Gasteiger partial charge is 0.163 e. The number of fused-ring (bicyclic) bond motifs is 1. The monoisotopic (exact) mass is 246 g/mol. The highest BCUT2D eigenvalue weighted by Gasteiger charge is 2.39. The highest BCUT2D eigenvalue weighted by Crippen LogP contribution is 2.41. The van der Waals surface area contributed by atoms with Gasteiger partial charge in [0.05, 0.1) is 8.07 Å². The zero-order valence-electron chi connectivity index (χ0n) is 11.6. The maximum Gasteiger partial charge on any atom is 0.163 e. The molecule has 17 heavy (non-hydrogen) atoms. The quantitative estimate of drug-likeness (QED) is 0.713. The molecule has 0 amide bonds. The van der Waals surface area contributed by atoms with Gasteiger partial charge >= 0.3 is 0 Å². The molecule has 0 aliphatic heterocycles. The van der Waals surface area contributed by atoms with E-state index in [1.807, 2.05) is 0 Å². The minimum absolute atomic E-state index is 0.363. The Balaban J connectivity index is 2.54. The number of hydrogen-bond donors (Lipinski definition) is 0. The number of aryl methyl sites for hydroxylation is 2. The number of benzene rings is 1. The van der Waals surface area contributed by atoms with Gasteiger partial charge in [0.15, 0.2) is 5.78 Å². The second-order valence-electron chi connectivity index (χ2n) is 6.05. The van der Waals surface area contributed by atoms with Crippen molar-refractivity contribution in [2.24, 2.45) is 0 Å². The van der Waals surface area contributed by atoms with Crippen LogP contribution in [-0.4, -0.2) is 13.9 Å². The summed E-state index contributed by atoms with van der Waals surface area (Å²) in [6.45, 7) is 11.3. The van der Waals surface area contributed by atoms with Crippen LogP contribution in [-0.2, 0) is 0 Å². The van der Waals surface area contributed by atoms with Crippen molar-refractivity contribution >= 4 is 13.9 Å². The Bertz CT molecular complexity index is 474. The van der Waals surface area contributed by atoms with Gasteiger partial charge in [-0.25, -0.2) is 0 Å². The van der Waals surface area contributed by atoms with Gasteiger partial charge in [0.1, 0.15) is 0 Å². The molecule has 1 aliphatic rings. The van der Waals surface area contributed by atoms with Crippen molar-refractivity contribution in [3.63, 3.8) is 0 Å². The van der Waals surface area contributed by atoms with Crippen LogP contribution in [0.2, 0.25) is 19.1 Å². The van der Waals surface area contributed by atoms with Crippen LogP contribution in [0, 0.1) is 13.8 Å². The van der Waals surface area contributed by atoms with Crippen LogP contribution >= 0.6 is 0 Å². The first-order chi connectivity index (χ1) is 7.86. The summed E-state index contributed by atoms with van der Waals surface area (Å²) < 4.78 is 0. The summed E-state index contributed by atoms with van der Waals surface area (Å²) in [5, 5.41) is 0. The lowest BCUT2D eigenvalue weighted by Crippen LogP contribution is -2.32. The molecule has 0 saturated heterocycles. The van der Waals surface area contributed by atoms with E-state index in [0.29, 0.717) is 11.3 Å². The van der Waals surface area contributed by atoms with E-state index in [1.165, 1.54) is 22.7 Å². The molecular formula is C15H22OSi. The Morgan fingerprint density at radius 2 is 1.82 bits per heavy atom. The summed E-state index contributed by atoms with van der Waals surface area (Å²) in [6.07, 6.45) is 0.755. The highest BCUT2D eigenvalue weighted by atomic mass is 28.3. The average Bonchev–Trinajstić information content (AvgIpc) is 2.58. The van der Waals surface area contributed by atoms with Gasteiger partial charge in [-0.3, -0.25) is 4.79 Å². The van der Waals surface area contributed by atoms with E-state index in [4.69, 9.17) is 0 Å². The van der Waals surface area contributed by atoms with Crippen molar-refractivity contribution in [3.8, 4) is 0 Å². The Labute approximate surface area is 105 Å². The largest absolute Gasteiger partial charge is 0.294 e. The number of ketones is 1. The molecule has 2 rings (SSSR count). The van der Waals surface area contributed by atoms with Gasteiger partial charge in [-0.15, -0.1) is 0 Å². The van der Waals surface area contributed by atoms with Crippen LogP contribution in [0.5, 0.6) is 0 Å². The normalized spacial score (nSPS) is 19.6. The van der Waals surface area contributed by atoms with Crippen LogP contribution in [0.3, 0.4) is 0 Å². The van der Waals surface area contributed by atoms with E-state index in [9.17, 15) is 4.79 Å². The van der Waals surface area contributed by atoms with Crippen molar-refractivity contribution in [1.82, 2.24) is 0 Å². The molecule has 0 spiro atoms. The molecule has 0 unspecified atom stereocenters. The topological polar surface area (TPSA) is 17.1 Å². The Hall–Kier alpha value is -0.893. The average molecular weight is 246 g/mol. The molecule has 1 aromatic carbocycles. The summed E-state index contributed by atoms with van der Waals surface area (Å²) in [5.41, 5.74) is 5.45. The van der Waals surface area contributed by atoms with Gasteiger partial charge in [-0.1, -0.05) is 32.1 Å². The second kappa shape index (κ2) is 4.09. The van der Waals surface area contributed by atoms with E-state index < -0.39 is 8.07 Å². The molecule has 0 saturated carbocycles. The van der Waals surface area contributed by atoms with E-state index in [1.54, 1.807) is 0 Å². The summed E-state index contributed by atoms with van der Waals surface area (Å²) in [4.78, 5) is 12.1. The molecule has 0 bridgehead atoms. The Morgan fingerprint density at radius 3 is 2.41 bits per heavy atom.